The molecule has 0 saturated carbocycles. The second kappa shape index (κ2) is 8.32. The molecular weight excluding hydrogens is 390 g/mol. The van der Waals surface area contributed by atoms with Crippen LogP contribution in [0, 0.1) is 0 Å². The summed E-state index contributed by atoms with van der Waals surface area (Å²) >= 11 is 2.88. The Morgan fingerprint density at radius 2 is 2.00 bits per heavy atom. The molecule has 1 heterocycles. The highest BCUT2D eigenvalue weighted by atomic mass is 32.2. The predicted molar refractivity (Wildman–Crippen MR) is 114 cm³/mol. The van der Waals surface area contributed by atoms with Crippen LogP contribution in [-0.2, 0) is 12.8 Å². The number of fused-ring (bicyclic) bond motifs is 1. The Bertz CT molecular complexity index is 1000. The zero-order valence-electron chi connectivity index (χ0n) is 15.8. The highest BCUT2D eigenvalue weighted by Crippen LogP contribution is 2.34. The molecule has 3 aromatic rings. The number of methoxy groups -OCH3 is 1. The van der Waals surface area contributed by atoms with Crippen molar-refractivity contribution in [3.8, 4) is 5.75 Å². The summed E-state index contributed by atoms with van der Waals surface area (Å²) in [5.41, 5.74) is 4.33. The summed E-state index contributed by atoms with van der Waals surface area (Å²) in [5, 5.41) is 12.1. The van der Waals surface area contributed by atoms with Crippen LogP contribution in [0.15, 0.2) is 46.8 Å². The molecule has 1 aliphatic carbocycles. The standard InChI is InChI=1S/C21H21N3O2S2/c1-13(19(25)16-11-10-14-6-5-7-15(14)12-16)27-21-24-23-20(28-21)22-17-8-3-4-9-18(17)26-2/h3-4,8-13H,5-7H2,1-2H3,(H,22,23)/t13-/m1/s1. The monoisotopic (exact) mass is 411 g/mol. The third kappa shape index (κ3) is 4.05. The number of nitrogens with zero attached hydrogens (tertiary/aromatic N) is 2. The number of para-hydroxylation sites is 2. The van der Waals surface area contributed by atoms with Crippen molar-refractivity contribution < 1.29 is 9.53 Å². The minimum absolute atomic E-state index is 0.133. The van der Waals surface area contributed by atoms with Gasteiger partial charge in [0.15, 0.2) is 10.1 Å². The Hall–Kier alpha value is -2.38. The Kier molecular flexibility index (Phi) is 5.64. The molecule has 28 heavy (non-hydrogen) atoms. The molecule has 5 nitrogen and oxygen atoms in total. The van der Waals surface area contributed by atoms with Gasteiger partial charge in [0.2, 0.25) is 5.13 Å². The molecule has 0 fully saturated rings. The number of nitrogens with one attached hydrogen (secondary N) is 1. The molecule has 1 N–H and O–H groups in total. The van der Waals surface area contributed by atoms with Gasteiger partial charge in [-0.2, -0.15) is 0 Å². The molecular formula is C21H21N3O2S2. The quantitative estimate of drug-likeness (QED) is 0.429. The van der Waals surface area contributed by atoms with Crippen molar-refractivity contribution in [2.24, 2.45) is 0 Å². The molecule has 2 aromatic carbocycles. The maximum atomic E-state index is 12.8. The number of hydrogen-bond acceptors (Lipinski definition) is 7. The summed E-state index contributed by atoms with van der Waals surface area (Å²) in [6, 6.07) is 13.8. The van der Waals surface area contributed by atoms with Crippen molar-refractivity contribution in [2.75, 3.05) is 12.4 Å². The molecule has 0 unspecified atom stereocenters. The zero-order chi connectivity index (χ0) is 19.5. The van der Waals surface area contributed by atoms with Crippen LogP contribution in [0.4, 0.5) is 10.8 Å². The van der Waals surface area contributed by atoms with Crippen molar-refractivity contribution in [3.05, 3.63) is 59.2 Å². The normalized spacial score (nSPS) is 13.8. The van der Waals surface area contributed by atoms with Crippen molar-refractivity contribution in [3.63, 3.8) is 0 Å². The molecule has 0 bridgehead atoms. The minimum Gasteiger partial charge on any atom is -0.495 e. The summed E-state index contributed by atoms with van der Waals surface area (Å²) in [7, 11) is 1.63. The lowest BCUT2D eigenvalue weighted by Gasteiger charge is -2.09. The first-order valence-corrected chi connectivity index (χ1v) is 10.9. The topological polar surface area (TPSA) is 64.1 Å². The number of aromatic nitrogens is 2. The van der Waals surface area contributed by atoms with Gasteiger partial charge in [0.25, 0.3) is 0 Å². The van der Waals surface area contributed by atoms with Crippen LogP contribution in [0.5, 0.6) is 5.75 Å². The van der Waals surface area contributed by atoms with Crippen LogP contribution in [0.1, 0.15) is 34.8 Å². The molecule has 0 amide bonds. The van der Waals surface area contributed by atoms with E-state index in [1.54, 1.807) is 7.11 Å². The maximum Gasteiger partial charge on any atom is 0.210 e. The van der Waals surface area contributed by atoms with E-state index >= 15 is 0 Å². The van der Waals surface area contributed by atoms with E-state index in [1.807, 2.05) is 37.3 Å². The van der Waals surface area contributed by atoms with E-state index < -0.39 is 0 Å². The van der Waals surface area contributed by atoms with Crippen LogP contribution in [-0.4, -0.2) is 28.3 Å². The number of carbonyl (C=O) groups excluding carboxylic acids is 1. The van der Waals surface area contributed by atoms with E-state index in [2.05, 4.69) is 27.6 Å². The van der Waals surface area contributed by atoms with E-state index in [1.165, 1.54) is 40.6 Å². The van der Waals surface area contributed by atoms with Crippen LogP contribution >= 0.6 is 23.1 Å². The summed E-state index contributed by atoms with van der Waals surface area (Å²) in [5.74, 6) is 0.876. The molecule has 0 saturated heterocycles. The SMILES string of the molecule is COc1ccccc1Nc1nnc(S[C@H](C)C(=O)c2ccc3c(c2)CCC3)s1. The average molecular weight is 412 g/mol. The lowest BCUT2D eigenvalue weighted by atomic mass is 10.0. The largest absolute Gasteiger partial charge is 0.495 e. The van der Waals surface area contributed by atoms with Crippen LogP contribution < -0.4 is 10.1 Å². The minimum atomic E-state index is -0.216. The number of hydrogen-bond donors (Lipinski definition) is 1. The Morgan fingerprint density at radius 3 is 2.86 bits per heavy atom. The summed E-state index contributed by atoms with van der Waals surface area (Å²) < 4.78 is 6.11. The first-order valence-electron chi connectivity index (χ1n) is 9.20. The fraction of sp³-hybridized carbons (Fsp3) is 0.286. The molecule has 0 aliphatic heterocycles. The highest BCUT2D eigenvalue weighted by molar-refractivity contribution is 8.02. The van der Waals surface area contributed by atoms with Gasteiger partial charge in [-0.1, -0.05) is 47.4 Å². The molecule has 1 aromatic heterocycles. The fourth-order valence-electron chi connectivity index (χ4n) is 3.34. The van der Waals surface area contributed by atoms with Gasteiger partial charge in [0.1, 0.15) is 5.75 Å². The molecule has 1 atom stereocenters. The molecule has 0 spiro atoms. The summed E-state index contributed by atoms with van der Waals surface area (Å²) in [6.45, 7) is 1.93. The van der Waals surface area contributed by atoms with Gasteiger partial charge in [-0.05, 0) is 55.5 Å². The Labute approximate surface area is 172 Å². The number of ether oxygens (including phenoxy) is 1. The Morgan fingerprint density at radius 1 is 1.18 bits per heavy atom. The number of aryl methyl sites for hydroxylation is 2. The van der Waals surface area contributed by atoms with Crippen LogP contribution in [0.25, 0.3) is 0 Å². The van der Waals surface area contributed by atoms with Gasteiger partial charge in [-0.25, -0.2) is 0 Å². The molecule has 7 heteroatoms. The predicted octanol–water partition coefficient (Wildman–Crippen LogP) is 5.14. The van der Waals surface area contributed by atoms with E-state index in [0.717, 1.165) is 34.2 Å². The van der Waals surface area contributed by atoms with Gasteiger partial charge < -0.3 is 10.1 Å². The van der Waals surface area contributed by atoms with E-state index in [4.69, 9.17) is 4.74 Å². The van der Waals surface area contributed by atoms with Gasteiger partial charge in [0, 0.05) is 5.56 Å². The number of Topliss-reactive ketones (excluding diaryl/α,β-unsaturated/α-hetero) is 1. The van der Waals surface area contributed by atoms with Crippen LogP contribution in [0.2, 0.25) is 0 Å². The van der Waals surface area contributed by atoms with Gasteiger partial charge in [0.05, 0.1) is 18.0 Å². The van der Waals surface area contributed by atoms with Gasteiger partial charge in [-0.15, -0.1) is 10.2 Å². The lowest BCUT2D eigenvalue weighted by Crippen LogP contribution is -2.13. The molecule has 0 radical (unpaired) electrons. The first kappa shape index (κ1) is 19.0. The van der Waals surface area contributed by atoms with Gasteiger partial charge >= 0.3 is 0 Å². The maximum absolute atomic E-state index is 12.8. The number of ketones is 1. The second-order valence-electron chi connectivity index (χ2n) is 6.66. The molecule has 4 rings (SSSR count). The fourth-order valence-corrected chi connectivity index (χ4v) is 5.32. The average Bonchev–Trinajstić information content (AvgIpc) is 3.36. The number of thioether (sulfide) groups is 1. The van der Waals surface area contributed by atoms with E-state index in [0.29, 0.717) is 5.13 Å². The Balaban J connectivity index is 1.42. The van der Waals surface area contributed by atoms with E-state index in [-0.39, 0.29) is 11.0 Å². The van der Waals surface area contributed by atoms with Crippen molar-refractivity contribution in [1.29, 1.82) is 0 Å². The molecule has 144 valence electrons. The smallest absolute Gasteiger partial charge is 0.210 e. The number of carbonyl (C=O) groups is 1. The third-order valence-electron chi connectivity index (χ3n) is 4.78. The highest BCUT2D eigenvalue weighted by Gasteiger charge is 2.21. The lowest BCUT2D eigenvalue weighted by molar-refractivity contribution is 0.0994. The van der Waals surface area contributed by atoms with Crippen LogP contribution in [0.3, 0.4) is 0 Å². The van der Waals surface area contributed by atoms with E-state index in [9.17, 15) is 4.79 Å². The van der Waals surface area contributed by atoms with Crippen molar-refractivity contribution in [1.82, 2.24) is 10.2 Å². The van der Waals surface area contributed by atoms with Crippen molar-refractivity contribution >= 4 is 39.7 Å². The second-order valence-corrected chi connectivity index (χ2v) is 9.23. The third-order valence-corrected chi connectivity index (χ3v) is 6.81. The number of anilines is 2. The van der Waals surface area contributed by atoms with Crippen molar-refractivity contribution in [2.45, 2.75) is 35.8 Å². The number of rotatable bonds is 7. The summed E-state index contributed by atoms with van der Waals surface area (Å²) in [4.78, 5) is 12.8. The molecule has 1 aliphatic rings. The van der Waals surface area contributed by atoms with Gasteiger partial charge in [-0.3, -0.25) is 4.79 Å². The first-order chi connectivity index (χ1) is 13.6. The summed E-state index contributed by atoms with van der Waals surface area (Å²) in [6.07, 6.45) is 3.39. The zero-order valence-corrected chi connectivity index (χ0v) is 17.4. The number of benzene rings is 2.